The van der Waals surface area contributed by atoms with Crippen molar-refractivity contribution in [2.24, 2.45) is 0 Å². The number of aromatic nitrogens is 1. The molecule has 2 aromatic rings. The number of hydrogen-bond donors (Lipinski definition) is 1. The van der Waals surface area contributed by atoms with Crippen LogP contribution in [0.4, 0.5) is 0 Å². The van der Waals surface area contributed by atoms with E-state index in [0.29, 0.717) is 13.2 Å². The minimum absolute atomic E-state index is 0.0756. The van der Waals surface area contributed by atoms with E-state index in [4.69, 9.17) is 4.74 Å². The highest BCUT2D eigenvalue weighted by Crippen LogP contribution is 2.21. The molecular formula is C22H30N4O2S. The minimum Gasteiger partial charge on any atom is -0.487 e. The van der Waals surface area contributed by atoms with E-state index >= 15 is 0 Å². The molecule has 2 heterocycles. The Hall–Kier alpha value is -2.22. The summed E-state index contributed by atoms with van der Waals surface area (Å²) in [6.45, 7) is 8.60. The van der Waals surface area contributed by atoms with Crippen molar-refractivity contribution in [1.82, 2.24) is 20.1 Å². The van der Waals surface area contributed by atoms with Crippen LogP contribution in [0.1, 0.15) is 22.7 Å². The van der Waals surface area contributed by atoms with Gasteiger partial charge in [0.05, 0.1) is 10.7 Å². The number of rotatable bonds is 9. The van der Waals surface area contributed by atoms with Crippen LogP contribution < -0.4 is 10.1 Å². The van der Waals surface area contributed by atoms with Gasteiger partial charge < -0.3 is 19.9 Å². The quantitative estimate of drug-likeness (QED) is 0.505. The molecule has 3 rings (SSSR count). The minimum atomic E-state index is -0.0756. The van der Waals surface area contributed by atoms with Crippen molar-refractivity contribution in [3.63, 3.8) is 0 Å². The average Bonchev–Trinajstić information content (AvgIpc) is 3.15. The topological polar surface area (TPSA) is 57.7 Å². The highest BCUT2D eigenvalue weighted by Gasteiger charge is 2.12. The van der Waals surface area contributed by atoms with Crippen molar-refractivity contribution >= 4 is 23.3 Å². The van der Waals surface area contributed by atoms with Crippen molar-refractivity contribution in [3.05, 3.63) is 52.0 Å². The van der Waals surface area contributed by atoms with E-state index in [2.05, 4.69) is 27.1 Å². The fraction of sp³-hybridized carbons (Fsp3) is 0.455. The van der Waals surface area contributed by atoms with E-state index in [0.717, 1.165) is 61.2 Å². The molecule has 0 radical (unpaired) electrons. The van der Waals surface area contributed by atoms with Gasteiger partial charge in [0.1, 0.15) is 12.4 Å². The maximum absolute atomic E-state index is 12.1. The van der Waals surface area contributed by atoms with Crippen molar-refractivity contribution in [1.29, 1.82) is 0 Å². The zero-order valence-corrected chi connectivity index (χ0v) is 18.1. The number of nitrogens with one attached hydrogen (secondary N) is 1. The Morgan fingerprint density at radius 2 is 2.07 bits per heavy atom. The van der Waals surface area contributed by atoms with Gasteiger partial charge >= 0.3 is 0 Å². The zero-order valence-electron chi connectivity index (χ0n) is 17.3. The normalized spacial score (nSPS) is 15.7. The van der Waals surface area contributed by atoms with Gasteiger partial charge in [-0.05, 0) is 39.1 Å². The number of ether oxygens (including phenoxy) is 1. The van der Waals surface area contributed by atoms with Crippen molar-refractivity contribution < 1.29 is 9.53 Å². The molecule has 0 aliphatic carbocycles. The summed E-state index contributed by atoms with van der Waals surface area (Å²) >= 11 is 1.61. The third kappa shape index (κ3) is 7.27. The molecule has 1 N–H and O–H groups in total. The summed E-state index contributed by atoms with van der Waals surface area (Å²) in [5, 5.41) is 6.00. The van der Waals surface area contributed by atoms with Crippen molar-refractivity contribution in [3.8, 4) is 5.75 Å². The Balaban J connectivity index is 1.41. The van der Waals surface area contributed by atoms with Crippen molar-refractivity contribution in [2.45, 2.75) is 20.0 Å². The molecular weight excluding hydrogens is 384 g/mol. The highest BCUT2D eigenvalue weighted by molar-refractivity contribution is 7.09. The van der Waals surface area contributed by atoms with Gasteiger partial charge in [-0.25, -0.2) is 4.98 Å². The summed E-state index contributed by atoms with van der Waals surface area (Å²) in [5.74, 6) is 0.672. The first-order chi connectivity index (χ1) is 14.1. The Labute approximate surface area is 177 Å². The predicted octanol–water partition coefficient (Wildman–Crippen LogP) is 2.80. The molecule has 7 heteroatoms. The lowest BCUT2D eigenvalue weighted by molar-refractivity contribution is -0.116. The Morgan fingerprint density at radius 1 is 1.28 bits per heavy atom. The van der Waals surface area contributed by atoms with Crippen LogP contribution in [-0.2, 0) is 11.4 Å². The van der Waals surface area contributed by atoms with Crippen LogP contribution in [0.25, 0.3) is 6.08 Å². The van der Waals surface area contributed by atoms with E-state index in [9.17, 15) is 4.79 Å². The molecule has 29 heavy (non-hydrogen) atoms. The fourth-order valence-corrected chi connectivity index (χ4v) is 3.78. The molecule has 156 valence electrons. The maximum Gasteiger partial charge on any atom is 0.244 e. The van der Waals surface area contributed by atoms with Gasteiger partial charge in [-0.2, -0.15) is 0 Å². The number of nitrogens with zero attached hydrogens (tertiary/aromatic N) is 3. The summed E-state index contributed by atoms with van der Waals surface area (Å²) in [4.78, 5) is 21.4. The first-order valence-corrected chi connectivity index (χ1v) is 11.0. The molecule has 1 saturated heterocycles. The summed E-state index contributed by atoms with van der Waals surface area (Å²) in [7, 11) is 2.16. The summed E-state index contributed by atoms with van der Waals surface area (Å²) in [6, 6.07) is 7.72. The Kier molecular flexibility index (Phi) is 8.22. The number of piperazine rings is 1. The molecule has 0 spiro atoms. The SMILES string of the molecule is Cc1nc(COc2ccccc2/C=C/C(=O)NCCCN2CCN(C)CC2)cs1. The monoisotopic (exact) mass is 414 g/mol. The number of thiazole rings is 1. The van der Waals surface area contributed by atoms with E-state index in [1.807, 2.05) is 36.6 Å². The molecule has 0 unspecified atom stereocenters. The van der Waals surface area contributed by atoms with E-state index in [1.165, 1.54) is 0 Å². The van der Waals surface area contributed by atoms with Crippen LogP contribution in [0.5, 0.6) is 5.75 Å². The molecule has 0 bridgehead atoms. The largest absolute Gasteiger partial charge is 0.487 e. The van der Waals surface area contributed by atoms with Crippen LogP contribution in [0.15, 0.2) is 35.7 Å². The maximum atomic E-state index is 12.1. The van der Waals surface area contributed by atoms with Gasteiger partial charge in [-0.1, -0.05) is 18.2 Å². The molecule has 0 saturated carbocycles. The fourth-order valence-electron chi connectivity index (χ4n) is 3.19. The second-order valence-electron chi connectivity index (χ2n) is 7.31. The van der Waals surface area contributed by atoms with Gasteiger partial charge in [0, 0.05) is 49.7 Å². The zero-order chi connectivity index (χ0) is 20.5. The first-order valence-electron chi connectivity index (χ1n) is 10.1. The molecule has 1 aliphatic heterocycles. The number of carbonyl (C=O) groups is 1. The summed E-state index contributed by atoms with van der Waals surface area (Å²) in [6.07, 6.45) is 4.35. The van der Waals surface area contributed by atoms with Crippen LogP contribution in [0, 0.1) is 6.92 Å². The third-order valence-electron chi connectivity index (χ3n) is 4.92. The average molecular weight is 415 g/mol. The summed E-state index contributed by atoms with van der Waals surface area (Å²) < 4.78 is 5.89. The standard InChI is InChI=1S/C22H30N4O2S/c1-18-24-20(17-29-18)16-28-21-7-4-3-6-19(21)8-9-22(27)23-10-5-11-26-14-12-25(2)13-15-26/h3-4,6-9,17H,5,10-16H2,1-2H3,(H,23,27)/b9-8+. The van der Waals surface area contributed by atoms with Gasteiger partial charge in [0.25, 0.3) is 0 Å². The number of para-hydroxylation sites is 1. The number of hydrogen-bond acceptors (Lipinski definition) is 6. The molecule has 1 amide bonds. The van der Waals surface area contributed by atoms with E-state index < -0.39 is 0 Å². The molecule has 6 nitrogen and oxygen atoms in total. The number of likely N-dealkylation sites (N-methyl/N-ethyl adjacent to an activating group) is 1. The number of amides is 1. The number of carbonyl (C=O) groups excluding carboxylic acids is 1. The van der Waals surface area contributed by atoms with Gasteiger partial charge in [0.15, 0.2) is 0 Å². The Bertz CT molecular complexity index is 813. The number of aryl methyl sites for hydroxylation is 1. The lowest BCUT2D eigenvalue weighted by atomic mass is 10.2. The number of benzene rings is 1. The molecule has 1 aromatic carbocycles. The predicted molar refractivity (Wildman–Crippen MR) is 118 cm³/mol. The van der Waals surface area contributed by atoms with E-state index in [1.54, 1.807) is 23.5 Å². The third-order valence-corrected chi connectivity index (χ3v) is 5.74. The van der Waals surface area contributed by atoms with Crippen molar-refractivity contribution in [2.75, 3.05) is 46.3 Å². The van der Waals surface area contributed by atoms with Gasteiger partial charge in [0.2, 0.25) is 5.91 Å². The van der Waals surface area contributed by atoms with Crippen LogP contribution in [0.3, 0.4) is 0 Å². The Morgan fingerprint density at radius 3 is 2.83 bits per heavy atom. The second kappa shape index (κ2) is 11.1. The van der Waals surface area contributed by atoms with Crippen LogP contribution in [0.2, 0.25) is 0 Å². The molecule has 1 aromatic heterocycles. The lowest BCUT2D eigenvalue weighted by Crippen LogP contribution is -2.45. The molecule has 1 aliphatic rings. The van der Waals surface area contributed by atoms with Gasteiger partial charge in [-0.15, -0.1) is 11.3 Å². The smallest absolute Gasteiger partial charge is 0.244 e. The highest BCUT2D eigenvalue weighted by atomic mass is 32.1. The summed E-state index contributed by atoms with van der Waals surface area (Å²) in [5.41, 5.74) is 1.80. The first kappa shape index (κ1) is 21.5. The second-order valence-corrected chi connectivity index (χ2v) is 8.37. The van der Waals surface area contributed by atoms with E-state index in [-0.39, 0.29) is 5.91 Å². The molecule has 0 atom stereocenters. The molecule has 1 fully saturated rings. The lowest BCUT2D eigenvalue weighted by Gasteiger charge is -2.32. The van der Waals surface area contributed by atoms with Crippen LogP contribution in [-0.4, -0.2) is 67.0 Å². The van der Waals surface area contributed by atoms with Crippen LogP contribution >= 0.6 is 11.3 Å². The van der Waals surface area contributed by atoms with Gasteiger partial charge in [-0.3, -0.25) is 4.79 Å².